The standard InChI is InChI=1S/C12H13BrO3/c1-15-11(14)12(6-7-16-8-12)9-2-4-10(13)5-3-9/h2-5H,6-8H2,1H3. The van der Waals surface area contributed by atoms with Crippen LogP contribution in [0.1, 0.15) is 12.0 Å². The summed E-state index contributed by atoms with van der Waals surface area (Å²) in [6, 6.07) is 7.74. The van der Waals surface area contributed by atoms with Gasteiger partial charge in [0.2, 0.25) is 0 Å². The van der Waals surface area contributed by atoms with Gasteiger partial charge in [0.05, 0.1) is 13.7 Å². The molecule has 1 aromatic carbocycles. The van der Waals surface area contributed by atoms with Crippen LogP contribution >= 0.6 is 15.9 Å². The lowest BCUT2D eigenvalue weighted by molar-refractivity contribution is -0.147. The topological polar surface area (TPSA) is 35.5 Å². The summed E-state index contributed by atoms with van der Waals surface area (Å²) in [4.78, 5) is 11.9. The third kappa shape index (κ3) is 1.87. The van der Waals surface area contributed by atoms with Gasteiger partial charge in [0.25, 0.3) is 0 Å². The van der Waals surface area contributed by atoms with E-state index in [-0.39, 0.29) is 5.97 Å². The molecule has 1 saturated heterocycles. The second-order valence-electron chi connectivity index (χ2n) is 3.88. The van der Waals surface area contributed by atoms with Crippen molar-refractivity contribution in [3.63, 3.8) is 0 Å². The zero-order valence-corrected chi connectivity index (χ0v) is 10.6. The molecule has 16 heavy (non-hydrogen) atoms. The van der Waals surface area contributed by atoms with Gasteiger partial charge in [0.15, 0.2) is 0 Å². The second-order valence-corrected chi connectivity index (χ2v) is 4.80. The first kappa shape index (κ1) is 11.6. The molecule has 4 heteroatoms. The molecule has 0 bridgehead atoms. The highest BCUT2D eigenvalue weighted by molar-refractivity contribution is 9.10. The van der Waals surface area contributed by atoms with Crippen LogP contribution in [0.15, 0.2) is 28.7 Å². The molecule has 86 valence electrons. The van der Waals surface area contributed by atoms with Gasteiger partial charge in [-0.1, -0.05) is 28.1 Å². The number of carbonyl (C=O) groups excluding carboxylic acids is 1. The molecular weight excluding hydrogens is 272 g/mol. The van der Waals surface area contributed by atoms with Crippen molar-refractivity contribution in [3.8, 4) is 0 Å². The first-order valence-corrected chi connectivity index (χ1v) is 5.90. The van der Waals surface area contributed by atoms with E-state index in [1.165, 1.54) is 7.11 Å². The van der Waals surface area contributed by atoms with Crippen LogP contribution in [0.2, 0.25) is 0 Å². The van der Waals surface area contributed by atoms with Crippen molar-refractivity contribution in [1.29, 1.82) is 0 Å². The van der Waals surface area contributed by atoms with Gasteiger partial charge >= 0.3 is 5.97 Å². The minimum atomic E-state index is -0.616. The van der Waals surface area contributed by atoms with Crippen molar-refractivity contribution in [3.05, 3.63) is 34.3 Å². The molecule has 0 amide bonds. The van der Waals surface area contributed by atoms with E-state index in [9.17, 15) is 4.79 Å². The van der Waals surface area contributed by atoms with Gasteiger partial charge in [-0.3, -0.25) is 4.79 Å². The monoisotopic (exact) mass is 284 g/mol. The molecule has 0 radical (unpaired) electrons. The highest BCUT2D eigenvalue weighted by Gasteiger charge is 2.44. The van der Waals surface area contributed by atoms with E-state index in [0.29, 0.717) is 19.6 Å². The summed E-state index contributed by atoms with van der Waals surface area (Å²) in [5.41, 5.74) is 0.343. The molecular formula is C12H13BrO3. The summed E-state index contributed by atoms with van der Waals surface area (Å²) in [7, 11) is 1.42. The quantitative estimate of drug-likeness (QED) is 0.782. The maximum absolute atomic E-state index is 11.9. The molecule has 1 heterocycles. The predicted molar refractivity (Wildman–Crippen MR) is 63.3 cm³/mol. The minimum absolute atomic E-state index is 0.215. The molecule has 1 unspecified atom stereocenters. The van der Waals surface area contributed by atoms with E-state index in [1.807, 2.05) is 24.3 Å². The van der Waals surface area contributed by atoms with Crippen LogP contribution in [0, 0.1) is 0 Å². The van der Waals surface area contributed by atoms with Crippen molar-refractivity contribution >= 4 is 21.9 Å². The molecule has 0 spiro atoms. The number of rotatable bonds is 2. The smallest absolute Gasteiger partial charge is 0.318 e. The number of hydrogen-bond acceptors (Lipinski definition) is 3. The summed E-state index contributed by atoms with van der Waals surface area (Å²) in [6.45, 7) is 1.01. The zero-order valence-electron chi connectivity index (χ0n) is 9.03. The van der Waals surface area contributed by atoms with E-state index in [1.54, 1.807) is 0 Å². The minimum Gasteiger partial charge on any atom is -0.468 e. The maximum Gasteiger partial charge on any atom is 0.318 e. The first-order chi connectivity index (χ1) is 7.69. The van der Waals surface area contributed by atoms with Crippen LogP contribution in [-0.4, -0.2) is 26.3 Å². The number of carbonyl (C=O) groups is 1. The van der Waals surface area contributed by atoms with E-state index in [4.69, 9.17) is 9.47 Å². The lowest BCUT2D eigenvalue weighted by Crippen LogP contribution is -2.37. The van der Waals surface area contributed by atoms with Crippen LogP contribution in [0.25, 0.3) is 0 Å². The Balaban J connectivity index is 2.39. The molecule has 1 fully saturated rings. The molecule has 0 aromatic heterocycles. The van der Waals surface area contributed by atoms with Crippen LogP contribution in [0.3, 0.4) is 0 Å². The Morgan fingerprint density at radius 1 is 1.44 bits per heavy atom. The van der Waals surface area contributed by atoms with Crippen LogP contribution in [-0.2, 0) is 19.7 Å². The average molecular weight is 285 g/mol. The Morgan fingerprint density at radius 3 is 2.62 bits per heavy atom. The fraction of sp³-hybridized carbons (Fsp3) is 0.417. The summed E-state index contributed by atoms with van der Waals surface area (Å²) >= 11 is 3.38. The number of hydrogen-bond donors (Lipinski definition) is 0. The van der Waals surface area contributed by atoms with Crippen molar-refractivity contribution in [2.75, 3.05) is 20.3 Å². The highest BCUT2D eigenvalue weighted by Crippen LogP contribution is 2.35. The van der Waals surface area contributed by atoms with Gasteiger partial charge in [-0.05, 0) is 24.1 Å². The molecule has 3 nitrogen and oxygen atoms in total. The van der Waals surface area contributed by atoms with Crippen molar-refractivity contribution in [2.24, 2.45) is 0 Å². The molecule has 1 aliphatic rings. The molecule has 2 rings (SSSR count). The number of esters is 1. The summed E-state index contributed by atoms with van der Waals surface area (Å²) in [6.07, 6.45) is 0.682. The van der Waals surface area contributed by atoms with Crippen molar-refractivity contribution in [1.82, 2.24) is 0 Å². The van der Waals surface area contributed by atoms with E-state index < -0.39 is 5.41 Å². The van der Waals surface area contributed by atoms with E-state index in [2.05, 4.69) is 15.9 Å². The molecule has 1 atom stereocenters. The first-order valence-electron chi connectivity index (χ1n) is 5.11. The Labute approximate surface area is 103 Å². The van der Waals surface area contributed by atoms with Gasteiger partial charge in [0.1, 0.15) is 5.41 Å². The Morgan fingerprint density at radius 2 is 2.12 bits per heavy atom. The average Bonchev–Trinajstić information content (AvgIpc) is 2.79. The van der Waals surface area contributed by atoms with Gasteiger partial charge < -0.3 is 9.47 Å². The fourth-order valence-corrected chi connectivity index (χ4v) is 2.30. The van der Waals surface area contributed by atoms with E-state index in [0.717, 1.165) is 10.0 Å². The zero-order chi connectivity index (χ0) is 11.6. The van der Waals surface area contributed by atoms with Gasteiger partial charge in [-0.15, -0.1) is 0 Å². The number of halogens is 1. The summed E-state index contributed by atoms with van der Waals surface area (Å²) in [5.74, 6) is -0.215. The molecule has 0 aliphatic carbocycles. The van der Waals surface area contributed by atoms with Crippen molar-refractivity contribution < 1.29 is 14.3 Å². The lowest BCUT2D eigenvalue weighted by atomic mass is 9.80. The van der Waals surface area contributed by atoms with E-state index >= 15 is 0 Å². The third-order valence-electron chi connectivity index (χ3n) is 2.99. The second kappa shape index (κ2) is 4.55. The number of methoxy groups -OCH3 is 1. The summed E-state index contributed by atoms with van der Waals surface area (Å²) in [5, 5.41) is 0. The molecule has 0 N–H and O–H groups in total. The highest BCUT2D eigenvalue weighted by atomic mass is 79.9. The fourth-order valence-electron chi connectivity index (χ4n) is 2.04. The Kier molecular flexibility index (Phi) is 3.30. The molecule has 0 saturated carbocycles. The predicted octanol–water partition coefficient (Wildman–Crippen LogP) is 2.28. The third-order valence-corrected chi connectivity index (χ3v) is 3.52. The molecule has 1 aliphatic heterocycles. The number of benzene rings is 1. The largest absolute Gasteiger partial charge is 0.468 e. The Bertz CT molecular complexity index is 380. The molecule has 1 aromatic rings. The van der Waals surface area contributed by atoms with Crippen LogP contribution < -0.4 is 0 Å². The van der Waals surface area contributed by atoms with Crippen LogP contribution in [0.5, 0.6) is 0 Å². The summed E-state index contributed by atoms with van der Waals surface area (Å²) < 4.78 is 11.2. The Hall–Kier alpha value is -0.870. The van der Waals surface area contributed by atoms with Gasteiger partial charge in [-0.25, -0.2) is 0 Å². The van der Waals surface area contributed by atoms with Gasteiger partial charge in [0, 0.05) is 11.1 Å². The van der Waals surface area contributed by atoms with Gasteiger partial charge in [-0.2, -0.15) is 0 Å². The maximum atomic E-state index is 11.9. The number of ether oxygens (including phenoxy) is 2. The van der Waals surface area contributed by atoms with Crippen molar-refractivity contribution in [2.45, 2.75) is 11.8 Å². The lowest BCUT2D eigenvalue weighted by Gasteiger charge is -2.24. The SMILES string of the molecule is COC(=O)C1(c2ccc(Br)cc2)CCOC1. The normalized spacial score (nSPS) is 24.4. The van der Waals surface area contributed by atoms with Crippen LogP contribution in [0.4, 0.5) is 0 Å².